The molecule has 19 heavy (non-hydrogen) atoms. The highest BCUT2D eigenvalue weighted by Gasteiger charge is 2.27. The number of amides is 1. The van der Waals surface area contributed by atoms with Gasteiger partial charge in [-0.2, -0.15) is 0 Å². The van der Waals surface area contributed by atoms with Crippen LogP contribution in [0.2, 0.25) is 0 Å². The van der Waals surface area contributed by atoms with Crippen LogP contribution in [-0.2, 0) is 6.42 Å². The van der Waals surface area contributed by atoms with Gasteiger partial charge in [0, 0.05) is 4.83 Å². The predicted molar refractivity (Wildman–Crippen MR) is 81.6 cm³/mol. The summed E-state index contributed by atoms with van der Waals surface area (Å²) in [4.78, 5) is 13.6. The average molecular weight is 337 g/mol. The summed E-state index contributed by atoms with van der Waals surface area (Å²) < 4.78 is 0. The molecule has 0 spiro atoms. The summed E-state index contributed by atoms with van der Waals surface area (Å²) in [5, 5.41) is -0.485. The first kappa shape index (κ1) is 12.7. The largest absolute Gasteiger partial charge is 0.325 e. The molecule has 2 aromatic carbocycles. The Morgan fingerprint density at radius 3 is 2.47 bits per heavy atom. The van der Waals surface area contributed by atoms with Gasteiger partial charge in [0.15, 0.2) is 0 Å². The number of anilines is 2. The number of hydrogen-bond donors (Lipinski definition) is 0. The van der Waals surface area contributed by atoms with Gasteiger partial charge in [0.1, 0.15) is 0 Å². The normalized spacial score (nSPS) is 17.4. The third kappa shape index (κ3) is 2.17. The molecule has 2 aromatic rings. The molecule has 0 saturated heterocycles. The van der Waals surface area contributed by atoms with Crippen LogP contribution in [0.15, 0.2) is 48.5 Å². The monoisotopic (exact) mass is 335 g/mol. The number of alkyl halides is 1. The fraction of sp³-hybridized carbons (Fsp3) is 0.133. The summed E-state index contributed by atoms with van der Waals surface area (Å²) in [6.07, 6.45) is 0.827. The Morgan fingerprint density at radius 1 is 1.11 bits per heavy atom. The maximum atomic E-state index is 11.9. The molecule has 4 heteroatoms. The van der Waals surface area contributed by atoms with Crippen molar-refractivity contribution in [3.8, 4) is 0 Å². The summed E-state index contributed by atoms with van der Waals surface area (Å²) in [5.74, 6) is 0. The standard InChI is InChI=1S/C15H11BrClNO/c16-12-9-10-5-1-3-7-13(10)18(15(17)19)14-8-4-2-6-11(12)14/h1-8,12H,9H2. The van der Waals surface area contributed by atoms with E-state index in [-0.39, 0.29) is 4.83 Å². The minimum Gasteiger partial charge on any atom is -0.267 e. The van der Waals surface area contributed by atoms with Crippen molar-refractivity contribution in [1.29, 1.82) is 0 Å². The molecule has 3 rings (SSSR count). The van der Waals surface area contributed by atoms with E-state index in [1.54, 1.807) is 4.90 Å². The zero-order chi connectivity index (χ0) is 13.4. The highest BCUT2D eigenvalue weighted by atomic mass is 79.9. The number of hydrogen-bond acceptors (Lipinski definition) is 1. The first-order valence-corrected chi connectivity index (χ1v) is 7.28. The van der Waals surface area contributed by atoms with Crippen LogP contribution in [0.1, 0.15) is 16.0 Å². The third-order valence-corrected chi connectivity index (χ3v) is 4.31. The van der Waals surface area contributed by atoms with E-state index in [1.165, 1.54) is 0 Å². The first-order chi connectivity index (χ1) is 9.18. The van der Waals surface area contributed by atoms with Crippen molar-refractivity contribution < 1.29 is 4.79 Å². The van der Waals surface area contributed by atoms with Crippen molar-refractivity contribution >= 4 is 44.3 Å². The highest BCUT2D eigenvalue weighted by molar-refractivity contribution is 9.09. The summed E-state index contributed by atoms with van der Waals surface area (Å²) >= 11 is 9.51. The van der Waals surface area contributed by atoms with Crippen LogP contribution >= 0.6 is 27.5 Å². The smallest absolute Gasteiger partial charge is 0.267 e. The van der Waals surface area contributed by atoms with Crippen LogP contribution in [0.4, 0.5) is 16.2 Å². The van der Waals surface area contributed by atoms with Crippen LogP contribution in [-0.4, -0.2) is 5.37 Å². The molecule has 1 aliphatic heterocycles. The van der Waals surface area contributed by atoms with Crippen molar-refractivity contribution in [3.63, 3.8) is 0 Å². The fourth-order valence-electron chi connectivity index (χ4n) is 2.48. The number of para-hydroxylation sites is 2. The van der Waals surface area contributed by atoms with E-state index in [2.05, 4.69) is 15.9 Å². The number of halogens is 2. The van der Waals surface area contributed by atoms with Crippen molar-refractivity contribution in [2.45, 2.75) is 11.2 Å². The predicted octanol–water partition coefficient (Wildman–Crippen LogP) is 5.18. The maximum Gasteiger partial charge on any atom is 0.325 e. The number of benzene rings is 2. The number of carbonyl (C=O) groups is 1. The molecule has 0 radical (unpaired) electrons. The van der Waals surface area contributed by atoms with Crippen molar-refractivity contribution in [2.75, 3.05) is 4.90 Å². The zero-order valence-corrected chi connectivity index (χ0v) is 12.4. The Kier molecular flexibility index (Phi) is 3.33. The molecule has 0 aromatic heterocycles. The summed E-state index contributed by atoms with van der Waals surface area (Å²) in [7, 11) is 0. The third-order valence-electron chi connectivity index (χ3n) is 3.32. The van der Waals surface area contributed by atoms with Gasteiger partial charge < -0.3 is 0 Å². The van der Waals surface area contributed by atoms with Crippen LogP contribution in [0.5, 0.6) is 0 Å². The van der Waals surface area contributed by atoms with Gasteiger partial charge in [-0.05, 0) is 41.3 Å². The number of carbonyl (C=O) groups excluding carboxylic acids is 1. The number of fused-ring (bicyclic) bond motifs is 2. The molecule has 0 saturated carbocycles. The first-order valence-electron chi connectivity index (χ1n) is 5.99. The summed E-state index contributed by atoms with van der Waals surface area (Å²) in [6.45, 7) is 0. The molecule has 1 aliphatic rings. The minimum absolute atomic E-state index is 0.172. The lowest BCUT2D eigenvalue weighted by Crippen LogP contribution is -2.20. The van der Waals surface area contributed by atoms with Crippen molar-refractivity contribution in [3.05, 3.63) is 59.7 Å². The fourth-order valence-corrected chi connectivity index (χ4v) is 3.40. The van der Waals surface area contributed by atoms with Crippen LogP contribution in [0, 0.1) is 0 Å². The molecule has 0 aliphatic carbocycles. The lowest BCUT2D eigenvalue weighted by Gasteiger charge is -2.22. The molecular formula is C15H11BrClNO. The Balaban J connectivity index is 2.28. The van der Waals surface area contributed by atoms with Gasteiger partial charge in [-0.15, -0.1) is 0 Å². The highest BCUT2D eigenvalue weighted by Crippen LogP contribution is 2.43. The molecule has 0 bridgehead atoms. The van der Waals surface area contributed by atoms with Gasteiger partial charge in [-0.3, -0.25) is 9.69 Å². The van der Waals surface area contributed by atoms with Gasteiger partial charge >= 0.3 is 5.37 Å². The zero-order valence-electron chi connectivity index (χ0n) is 10.0. The molecule has 96 valence electrons. The molecule has 0 fully saturated rings. The lowest BCUT2D eigenvalue weighted by molar-refractivity contribution is 0.266. The Labute approximate surface area is 125 Å². The summed E-state index contributed by atoms with van der Waals surface area (Å²) in [6, 6.07) is 15.7. The van der Waals surface area contributed by atoms with E-state index in [1.807, 2.05) is 48.5 Å². The van der Waals surface area contributed by atoms with E-state index < -0.39 is 5.37 Å². The molecule has 2 nitrogen and oxygen atoms in total. The molecule has 0 N–H and O–H groups in total. The van der Waals surface area contributed by atoms with Crippen LogP contribution < -0.4 is 4.90 Å². The second kappa shape index (κ2) is 4.99. The molecule has 1 atom stereocenters. The molecule has 1 unspecified atom stereocenters. The molecule has 1 amide bonds. The second-order valence-electron chi connectivity index (χ2n) is 4.45. The van der Waals surface area contributed by atoms with Gasteiger partial charge in [-0.1, -0.05) is 52.3 Å². The summed E-state index contributed by atoms with van der Waals surface area (Å²) in [5.41, 5.74) is 3.88. The van der Waals surface area contributed by atoms with Crippen molar-refractivity contribution in [2.24, 2.45) is 0 Å². The van der Waals surface area contributed by atoms with Gasteiger partial charge in [-0.25, -0.2) is 0 Å². The topological polar surface area (TPSA) is 20.3 Å². The number of rotatable bonds is 0. The van der Waals surface area contributed by atoms with E-state index in [4.69, 9.17) is 11.6 Å². The Bertz CT molecular complexity index is 644. The Morgan fingerprint density at radius 2 is 1.74 bits per heavy atom. The lowest BCUT2D eigenvalue weighted by atomic mass is 10.0. The van der Waals surface area contributed by atoms with Crippen LogP contribution in [0.25, 0.3) is 0 Å². The molecule has 1 heterocycles. The average Bonchev–Trinajstić information content (AvgIpc) is 2.53. The van der Waals surface area contributed by atoms with Gasteiger partial charge in [0.2, 0.25) is 0 Å². The van der Waals surface area contributed by atoms with Gasteiger partial charge in [0.25, 0.3) is 0 Å². The minimum atomic E-state index is -0.485. The van der Waals surface area contributed by atoms with Crippen molar-refractivity contribution in [1.82, 2.24) is 0 Å². The van der Waals surface area contributed by atoms with Gasteiger partial charge in [0.05, 0.1) is 11.4 Å². The second-order valence-corrected chi connectivity index (χ2v) is 5.88. The SMILES string of the molecule is O=C(Cl)N1c2ccccc2CC(Br)c2ccccc21. The van der Waals surface area contributed by atoms with Crippen LogP contribution in [0.3, 0.4) is 0 Å². The Hall–Kier alpha value is -1.32. The van der Waals surface area contributed by atoms with E-state index in [0.717, 1.165) is 28.9 Å². The van der Waals surface area contributed by atoms with E-state index in [0.29, 0.717) is 0 Å². The molecular weight excluding hydrogens is 326 g/mol. The van der Waals surface area contributed by atoms with E-state index >= 15 is 0 Å². The number of nitrogens with zero attached hydrogens (tertiary/aromatic N) is 1. The van der Waals surface area contributed by atoms with E-state index in [9.17, 15) is 4.79 Å². The quantitative estimate of drug-likeness (QED) is 0.369. The maximum absolute atomic E-state index is 11.9.